The van der Waals surface area contributed by atoms with Crippen molar-refractivity contribution in [3.05, 3.63) is 64.9 Å². The number of rotatable bonds is 9. The molecule has 6 nitrogen and oxygen atoms in total. The molecule has 0 spiro atoms. The highest BCUT2D eigenvalue weighted by Gasteiger charge is 2.17. The van der Waals surface area contributed by atoms with E-state index in [2.05, 4.69) is 10.0 Å². The van der Waals surface area contributed by atoms with Crippen LogP contribution in [0.3, 0.4) is 0 Å². The number of amides is 1. The first-order chi connectivity index (χ1) is 13.2. The summed E-state index contributed by atoms with van der Waals surface area (Å²) in [5.74, 6) is -0.644. The van der Waals surface area contributed by atoms with Crippen LogP contribution in [-0.2, 0) is 14.8 Å². The summed E-state index contributed by atoms with van der Waals surface area (Å²) in [6.07, 6.45) is -0.0177. The molecule has 0 aliphatic rings. The van der Waals surface area contributed by atoms with E-state index >= 15 is 0 Å². The highest BCUT2D eigenvalue weighted by molar-refractivity contribution is 7.89. The Balaban J connectivity index is 1.85. The van der Waals surface area contributed by atoms with Crippen LogP contribution in [0.15, 0.2) is 53.4 Å². The number of nitrogens with one attached hydrogen (secondary N) is 2. The van der Waals surface area contributed by atoms with Crippen molar-refractivity contribution in [2.24, 2.45) is 0 Å². The van der Waals surface area contributed by atoms with Gasteiger partial charge in [0.05, 0.1) is 10.9 Å². The van der Waals surface area contributed by atoms with Gasteiger partial charge in [-0.2, -0.15) is 0 Å². The summed E-state index contributed by atoms with van der Waals surface area (Å²) in [6, 6.07) is 11.8. The largest absolute Gasteiger partial charge is 0.354 e. The summed E-state index contributed by atoms with van der Waals surface area (Å²) in [5.41, 5.74) is 0.744. The van der Waals surface area contributed by atoms with Gasteiger partial charge >= 0.3 is 0 Å². The quantitative estimate of drug-likeness (QED) is 0.644. The van der Waals surface area contributed by atoms with Crippen molar-refractivity contribution in [1.82, 2.24) is 14.9 Å². The third-order valence-corrected chi connectivity index (χ3v) is 5.85. The topological polar surface area (TPSA) is 78.5 Å². The summed E-state index contributed by atoms with van der Waals surface area (Å²) in [7, 11) is -0.0331. The van der Waals surface area contributed by atoms with E-state index in [1.807, 2.05) is 19.0 Å². The number of nitrogens with zero attached hydrogens (tertiary/aromatic N) is 1. The summed E-state index contributed by atoms with van der Waals surface area (Å²) >= 11 is 5.75. The molecule has 0 heterocycles. The van der Waals surface area contributed by atoms with E-state index < -0.39 is 10.0 Å². The van der Waals surface area contributed by atoms with E-state index in [1.165, 1.54) is 36.4 Å². The Morgan fingerprint density at radius 1 is 1.18 bits per heavy atom. The van der Waals surface area contributed by atoms with Gasteiger partial charge < -0.3 is 10.2 Å². The van der Waals surface area contributed by atoms with Crippen molar-refractivity contribution in [2.75, 3.05) is 27.2 Å². The second-order valence-electron chi connectivity index (χ2n) is 6.44. The van der Waals surface area contributed by atoms with Crippen LogP contribution in [0, 0.1) is 5.82 Å². The van der Waals surface area contributed by atoms with Gasteiger partial charge in [-0.05, 0) is 56.1 Å². The first-order valence-electron chi connectivity index (χ1n) is 8.63. The Bertz CT molecular complexity index is 905. The lowest BCUT2D eigenvalue weighted by atomic mass is 10.1. The fraction of sp³-hybridized carbons (Fsp3) is 0.316. The minimum Gasteiger partial charge on any atom is -0.354 e. The first-order valence-corrected chi connectivity index (χ1v) is 10.5. The van der Waals surface area contributed by atoms with Crippen LogP contribution in [0.5, 0.6) is 0 Å². The number of sulfonamides is 1. The second-order valence-corrected chi connectivity index (χ2v) is 8.64. The number of carbonyl (C=O) groups is 1. The molecular weight excluding hydrogens is 405 g/mol. The van der Waals surface area contributed by atoms with E-state index in [4.69, 9.17) is 11.6 Å². The molecule has 1 unspecified atom stereocenters. The van der Waals surface area contributed by atoms with Crippen molar-refractivity contribution in [1.29, 1.82) is 0 Å². The summed E-state index contributed by atoms with van der Waals surface area (Å²) in [6.45, 7) is 0.239. The van der Waals surface area contributed by atoms with Crippen LogP contribution in [0.25, 0.3) is 0 Å². The van der Waals surface area contributed by atoms with Gasteiger partial charge in [0.25, 0.3) is 0 Å². The zero-order chi connectivity index (χ0) is 20.7. The average molecular weight is 428 g/mol. The molecule has 2 N–H and O–H groups in total. The van der Waals surface area contributed by atoms with Gasteiger partial charge in [-0.1, -0.05) is 23.7 Å². The SMILES string of the molecule is CN(C)C(CNC(=O)CCNS(=O)(=O)c1ccc(Cl)cc1)c1cccc(F)c1. The number of hydrogen-bond donors (Lipinski definition) is 2. The Morgan fingerprint density at radius 3 is 2.46 bits per heavy atom. The molecule has 0 radical (unpaired) electrons. The van der Waals surface area contributed by atoms with Crippen molar-refractivity contribution in [2.45, 2.75) is 17.4 Å². The molecule has 0 aromatic heterocycles. The zero-order valence-corrected chi connectivity index (χ0v) is 17.2. The van der Waals surface area contributed by atoms with E-state index in [0.29, 0.717) is 5.02 Å². The molecule has 0 saturated carbocycles. The lowest BCUT2D eigenvalue weighted by Gasteiger charge is -2.25. The van der Waals surface area contributed by atoms with E-state index in [9.17, 15) is 17.6 Å². The molecule has 2 rings (SSSR count). The minimum atomic E-state index is -3.70. The van der Waals surface area contributed by atoms with Crippen LogP contribution < -0.4 is 10.0 Å². The molecule has 0 bridgehead atoms. The van der Waals surface area contributed by atoms with Gasteiger partial charge in [0, 0.05) is 24.5 Å². The summed E-state index contributed by atoms with van der Waals surface area (Å²) in [4.78, 5) is 14.0. The number of halogens is 2. The van der Waals surface area contributed by atoms with Crippen LogP contribution in [0.2, 0.25) is 5.02 Å². The van der Waals surface area contributed by atoms with E-state index in [0.717, 1.165) is 5.56 Å². The van der Waals surface area contributed by atoms with Crippen LogP contribution in [0.4, 0.5) is 4.39 Å². The smallest absolute Gasteiger partial charge is 0.240 e. The molecule has 152 valence electrons. The maximum Gasteiger partial charge on any atom is 0.240 e. The van der Waals surface area contributed by atoms with E-state index in [-0.39, 0.29) is 42.2 Å². The second kappa shape index (κ2) is 9.97. The lowest BCUT2D eigenvalue weighted by molar-refractivity contribution is -0.121. The third-order valence-electron chi connectivity index (χ3n) is 4.12. The molecule has 0 aliphatic carbocycles. The summed E-state index contributed by atoms with van der Waals surface area (Å²) < 4.78 is 40.2. The third kappa shape index (κ3) is 6.56. The van der Waals surface area contributed by atoms with Crippen LogP contribution in [-0.4, -0.2) is 46.4 Å². The highest BCUT2D eigenvalue weighted by atomic mass is 35.5. The predicted octanol–water partition coefficient (Wildman–Crippen LogP) is 2.57. The van der Waals surface area contributed by atoms with Gasteiger partial charge in [-0.15, -0.1) is 0 Å². The molecule has 0 aliphatic heterocycles. The first kappa shape index (κ1) is 22.3. The van der Waals surface area contributed by atoms with Gasteiger partial charge in [0.2, 0.25) is 15.9 Å². The van der Waals surface area contributed by atoms with Crippen LogP contribution >= 0.6 is 11.6 Å². The number of hydrogen-bond acceptors (Lipinski definition) is 4. The minimum absolute atomic E-state index is 0.0177. The number of benzene rings is 2. The van der Waals surface area contributed by atoms with Gasteiger partial charge in [-0.3, -0.25) is 4.79 Å². The number of likely N-dealkylation sites (N-methyl/N-ethyl adjacent to an activating group) is 1. The molecule has 1 atom stereocenters. The van der Waals surface area contributed by atoms with Gasteiger partial charge in [0.1, 0.15) is 5.82 Å². The fourth-order valence-corrected chi connectivity index (χ4v) is 3.77. The normalized spacial score (nSPS) is 12.8. The Morgan fingerprint density at radius 2 is 1.86 bits per heavy atom. The Labute approximate surface area is 169 Å². The lowest BCUT2D eigenvalue weighted by Crippen LogP contribution is -2.36. The molecule has 28 heavy (non-hydrogen) atoms. The van der Waals surface area contributed by atoms with Crippen molar-refractivity contribution >= 4 is 27.5 Å². The molecule has 1 amide bonds. The molecule has 0 fully saturated rings. The Kier molecular flexibility index (Phi) is 7.94. The molecule has 0 saturated heterocycles. The summed E-state index contributed by atoms with van der Waals surface area (Å²) in [5, 5.41) is 3.20. The molecular formula is C19H23ClFN3O3S. The molecule has 9 heteroatoms. The fourth-order valence-electron chi connectivity index (χ4n) is 2.61. The standard InChI is InChI=1S/C19H23ClFN3O3S/c1-24(2)18(14-4-3-5-16(21)12-14)13-22-19(25)10-11-23-28(26,27)17-8-6-15(20)7-9-17/h3-9,12,18,23H,10-11,13H2,1-2H3,(H,22,25). The van der Waals surface area contributed by atoms with Crippen molar-refractivity contribution in [3.8, 4) is 0 Å². The highest BCUT2D eigenvalue weighted by Crippen LogP contribution is 2.18. The van der Waals surface area contributed by atoms with Gasteiger partial charge in [-0.25, -0.2) is 17.5 Å². The van der Waals surface area contributed by atoms with E-state index in [1.54, 1.807) is 12.1 Å². The van der Waals surface area contributed by atoms with Gasteiger partial charge in [0.15, 0.2) is 0 Å². The van der Waals surface area contributed by atoms with Crippen molar-refractivity contribution < 1.29 is 17.6 Å². The maximum atomic E-state index is 13.5. The molecule has 2 aromatic carbocycles. The zero-order valence-electron chi connectivity index (χ0n) is 15.7. The predicted molar refractivity (Wildman–Crippen MR) is 107 cm³/mol. The number of carbonyl (C=O) groups excluding carboxylic acids is 1. The van der Waals surface area contributed by atoms with Crippen LogP contribution in [0.1, 0.15) is 18.0 Å². The monoisotopic (exact) mass is 427 g/mol. The molecule has 2 aromatic rings. The average Bonchev–Trinajstić information content (AvgIpc) is 2.62. The van der Waals surface area contributed by atoms with Crippen molar-refractivity contribution in [3.63, 3.8) is 0 Å². The Hall–Kier alpha value is -2.00. The maximum absolute atomic E-state index is 13.5.